The summed E-state index contributed by atoms with van der Waals surface area (Å²) in [4.78, 5) is 0. The van der Waals surface area contributed by atoms with E-state index in [4.69, 9.17) is 4.74 Å². The fraction of sp³-hybridized carbons (Fsp3) is 0.625. The minimum Gasteiger partial charge on any atom is -0.379 e. The summed E-state index contributed by atoms with van der Waals surface area (Å²) in [7, 11) is -3.45. The SMILES string of the molecule is CCc1ccc(C2CNCCN2S(=O)(=O)N2CCOCC2)cc1. The van der Waals surface area contributed by atoms with Crippen LogP contribution in [0, 0.1) is 0 Å². The normalized spacial score (nSPS) is 24.7. The van der Waals surface area contributed by atoms with E-state index in [1.807, 2.05) is 0 Å². The first-order valence-electron chi connectivity index (χ1n) is 8.27. The van der Waals surface area contributed by atoms with Gasteiger partial charge in [-0.1, -0.05) is 31.2 Å². The van der Waals surface area contributed by atoms with E-state index >= 15 is 0 Å². The van der Waals surface area contributed by atoms with Gasteiger partial charge < -0.3 is 10.1 Å². The highest BCUT2D eigenvalue weighted by molar-refractivity contribution is 7.86. The van der Waals surface area contributed by atoms with Gasteiger partial charge in [-0.05, 0) is 17.5 Å². The van der Waals surface area contributed by atoms with Crippen LogP contribution in [0.5, 0.6) is 0 Å². The third-order valence-corrected chi connectivity index (χ3v) is 6.61. The Hall–Kier alpha value is -0.990. The summed E-state index contributed by atoms with van der Waals surface area (Å²) in [5, 5.41) is 3.32. The first kappa shape index (κ1) is 16.9. The van der Waals surface area contributed by atoms with Crippen LogP contribution in [0.1, 0.15) is 24.1 Å². The summed E-state index contributed by atoms with van der Waals surface area (Å²) >= 11 is 0. The number of aryl methyl sites for hydroxylation is 1. The summed E-state index contributed by atoms with van der Waals surface area (Å²) in [5.41, 5.74) is 2.31. The van der Waals surface area contributed by atoms with E-state index in [2.05, 4.69) is 36.5 Å². The second-order valence-corrected chi connectivity index (χ2v) is 7.83. The maximum atomic E-state index is 13.0. The molecule has 2 heterocycles. The van der Waals surface area contributed by atoms with Crippen molar-refractivity contribution in [2.45, 2.75) is 19.4 Å². The molecular weight excluding hydrogens is 314 g/mol. The minimum atomic E-state index is -3.45. The molecule has 1 atom stereocenters. The summed E-state index contributed by atoms with van der Waals surface area (Å²) in [6.07, 6.45) is 0.985. The third-order valence-electron chi connectivity index (χ3n) is 4.56. The lowest BCUT2D eigenvalue weighted by atomic mass is 10.0. The molecule has 6 nitrogen and oxygen atoms in total. The number of rotatable bonds is 4. The zero-order valence-corrected chi connectivity index (χ0v) is 14.4. The molecule has 2 fully saturated rings. The first-order chi connectivity index (χ1) is 11.1. The van der Waals surface area contributed by atoms with E-state index in [-0.39, 0.29) is 6.04 Å². The highest BCUT2D eigenvalue weighted by atomic mass is 32.2. The van der Waals surface area contributed by atoms with Crippen molar-refractivity contribution >= 4 is 10.2 Å². The number of nitrogens with one attached hydrogen (secondary N) is 1. The molecule has 0 aromatic heterocycles. The molecule has 3 rings (SSSR count). The molecule has 23 heavy (non-hydrogen) atoms. The minimum absolute atomic E-state index is 0.150. The molecule has 1 unspecified atom stereocenters. The molecule has 0 aliphatic carbocycles. The van der Waals surface area contributed by atoms with Crippen LogP contribution in [0.25, 0.3) is 0 Å². The molecule has 0 saturated carbocycles. The van der Waals surface area contributed by atoms with Gasteiger partial charge in [0, 0.05) is 32.7 Å². The second kappa shape index (κ2) is 7.27. The maximum Gasteiger partial charge on any atom is 0.282 e. The maximum absolute atomic E-state index is 13.0. The van der Waals surface area contributed by atoms with E-state index in [9.17, 15) is 8.42 Å². The molecular formula is C16H25N3O3S. The topological polar surface area (TPSA) is 61.9 Å². The molecule has 1 aromatic rings. The monoisotopic (exact) mass is 339 g/mol. The van der Waals surface area contributed by atoms with Crippen LogP contribution in [0.3, 0.4) is 0 Å². The Labute approximate surface area is 138 Å². The smallest absolute Gasteiger partial charge is 0.282 e. The lowest BCUT2D eigenvalue weighted by Gasteiger charge is -2.39. The molecule has 0 amide bonds. The largest absolute Gasteiger partial charge is 0.379 e. The average Bonchev–Trinajstić information content (AvgIpc) is 2.62. The quantitative estimate of drug-likeness (QED) is 0.880. The number of piperazine rings is 1. The van der Waals surface area contributed by atoms with Gasteiger partial charge in [0.15, 0.2) is 0 Å². The molecule has 2 aliphatic rings. The summed E-state index contributed by atoms with van der Waals surface area (Å²) in [6.45, 7) is 5.78. The fourth-order valence-electron chi connectivity index (χ4n) is 3.15. The lowest BCUT2D eigenvalue weighted by molar-refractivity contribution is 0.0685. The van der Waals surface area contributed by atoms with E-state index in [1.54, 1.807) is 8.61 Å². The standard InChI is InChI=1S/C16H25N3O3S/c1-2-14-3-5-15(6-4-14)16-13-17-7-8-19(16)23(20,21)18-9-11-22-12-10-18/h3-6,16-17H,2,7-13H2,1H3. The Morgan fingerprint density at radius 3 is 2.52 bits per heavy atom. The van der Waals surface area contributed by atoms with Gasteiger partial charge in [-0.3, -0.25) is 0 Å². The van der Waals surface area contributed by atoms with Gasteiger partial charge in [-0.15, -0.1) is 0 Å². The van der Waals surface area contributed by atoms with Crippen LogP contribution < -0.4 is 5.32 Å². The van der Waals surface area contributed by atoms with Crippen LogP contribution in [-0.2, 0) is 21.4 Å². The van der Waals surface area contributed by atoms with Crippen molar-refractivity contribution in [2.24, 2.45) is 0 Å². The highest BCUT2D eigenvalue weighted by Gasteiger charge is 2.37. The molecule has 0 radical (unpaired) electrons. The van der Waals surface area contributed by atoms with Gasteiger partial charge in [0.05, 0.1) is 19.3 Å². The van der Waals surface area contributed by atoms with Gasteiger partial charge in [0.1, 0.15) is 0 Å². The summed E-state index contributed by atoms with van der Waals surface area (Å²) in [5.74, 6) is 0. The van der Waals surface area contributed by atoms with Crippen molar-refractivity contribution in [3.8, 4) is 0 Å². The number of hydrogen-bond donors (Lipinski definition) is 1. The third kappa shape index (κ3) is 3.59. The van der Waals surface area contributed by atoms with Crippen LogP contribution in [0.15, 0.2) is 24.3 Å². The van der Waals surface area contributed by atoms with E-state index in [0.29, 0.717) is 45.9 Å². The van der Waals surface area contributed by atoms with Crippen molar-refractivity contribution in [3.63, 3.8) is 0 Å². The Bertz CT molecular complexity index is 612. The van der Waals surface area contributed by atoms with Crippen molar-refractivity contribution in [3.05, 3.63) is 35.4 Å². The molecule has 2 aliphatic heterocycles. The van der Waals surface area contributed by atoms with Crippen LogP contribution in [0.4, 0.5) is 0 Å². The Balaban J connectivity index is 1.85. The summed E-state index contributed by atoms with van der Waals surface area (Å²) in [6, 6.07) is 8.13. The van der Waals surface area contributed by atoms with E-state index < -0.39 is 10.2 Å². The van der Waals surface area contributed by atoms with Gasteiger partial charge in [-0.2, -0.15) is 17.0 Å². The van der Waals surface area contributed by atoms with E-state index in [1.165, 1.54) is 5.56 Å². The van der Waals surface area contributed by atoms with Gasteiger partial charge in [0.2, 0.25) is 0 Å². The first-order valence-corrected chi connectivity index (χ1v) is 9.67. The molecule has 0 spiro atoms. The predicted molar refractivity (Wildman–Crippen MR) is 89.4 cm³/mol. The Kier molecular flexibility index (Phi) is 5.33. The van der Waals surface area contributed by atoms with E-state index in [0.717, 1.165) is 12.0 Å². The predicted octanol–water partition coefficient (Wildman–Crippen LogP) is 0.772. The van der Waals surface area contributed by atoms with Crippen molar-refractivity contribution < 1.29 is 13.2 Å². The van der Waals surface area contributed by atoms with Crippen molar-refractivity contribution in [2.75, 3.05) is 45.9 Å². The highest BCUT2D eigenvalue weighted by Crippen LogP contribution is 2.27. The molecule has 7 heteroatoms. The number of ether oxygens (including phenoxy) is 1. The van der Waals surface area contributed by atoms with Gasteiger partial charge in [0.25, 0.3) is 10.2 Å². The Morgan fingerprint density at radius 2 is 1.87 bits per heavy atom. The fourth-order valence-corrected chi connectivity index (χ4v) is 4.89. The average molecular weight is 339 g/mol. The van der Waals surface area contributed by atoms with Crippen molar-refractivity contribution in [1.82, 2.24) is 13.9 Å². The number of morpholine rings is 1. The van der Waals surface area contributed by atoms with Crippen LogP contribution in [0.2, 0.25) is 0 Å². The number of nitrogens with zero attached hydrogens (tertiary/aromatic N) is 2. The number of benzene rings is 1. The zero-order valence-electron chi connectivity index (χ0n) is 13.6. The molecule has 1 N–H and O–H groups in total. The van der Waals surface area contributed by atoms with Gasteiger partial charge >= 0.3 is 0 Å². The second-order valence-electron chi connectivity index (χ2n) is 5.94. The van der Waals surface area contributed by atoms with Crippen molar-refractivity contribution in [1.29, 1.82) is 0 Å². The number of hydrogen-bond acceptors (Lipinski definition) is 4. The molecule has 1 aromatic carbocycles. The van der Waals surface area contributed by atoms with Gasteiger partial charge in [-0.25, -0.2) is 0 Å². The van der Waals surface area contributed by atoms with Crippen LogP contribution >= 0.6 is 0 Å². The molecule has 0 bridgehead atoms. The van der Waals surface area contributed by atoms with Crippen LogP contribution in [-0.4, -0.2) is 63.0 Å². The Morgan fingerprint density at radius 1 is 1.17 bits per heavy atom. The zero-order chi connectivity index (χ0) is 16.3. The summed E-state index contributed by atoms with van der Waals surface area (Å²) < 4.78 is 34.5. The molecule has 128 valence electrons. The lowest BCUT2D eigenvalue weighted by Crippen LogP contribution is -2.55. The molecule has 2 saturated heterocycles.